The number of alkyl carbamates (subject to hydrolysis) is 1. The molecule has 1 aromatic carbocycles. The molecule has 32 heavy (non-hydrogen) atoms. The van der Waals surface area contributed by atoms with Crippen LogP contribution < -0.4 is 10.6 Å². The molecule has 0 aliphatic heterocycles. The number of thiophene rings is 1. The quantitative estimate of drug-likeness (QED) is 0.426. The van der Waals surface area contributed by atoms with Crippen molar-refractivity contribution >= 4 is 46.5 Å². The van der Waals surface area contributed by atoms with Crippen molar-refractivity contribution in [1.29, 1.82) is 0 Å². The van der Waals surface area contributed by atoms with Crippen LogP contribution in [-0.2, 0) is 9.53 Å². The zero-order valence-corrected chi connectivity index (χ0v) is 20.5. The minimum atomic E-state index is -1.35. The molecule has 1 heterocycles. The van der Waals surface area contributed by atoms with Crippen molar-refractivity contribution in [3.63, 3.8) is 0 Å². The molecule has 0 saturated heterocycles. The van der Waals surface area contributed by atoms with Gasteiger partial charge in [0.25, 0.3) is 5.91 Å². The fourth-order valence-electron chi connectivity index (χ4n) is 2.82. The summed E-state index contributed by atoms with van der Waals surface area (Å²) in [4.78, 5) is 24.1. The lowest BCUT2D eigenvalue weighted by atomic mass is 10.0. The molecule has 2 aromatic rings. The van der Waals surface area contributed by atoms with E-state index in [9.17, 15) is 19.1 Å². The highest BCUT2D eigenvalue weighted by Gasteiger charge is 2.25. The topological polar surface area (TPSA) is 87.7 Å². The maximum atomic E-state index is 13.3. The number of carbonyl (C=O) groups excluding carboxylic acids is 2. The normalized spacial score (nSPS) is 14.5. The Bertz CT molecular complexity index is 915. The van der Waals surface area contributed by atoms with E-state index in [0.717, 1.165) is 15.3 Å². The second-order valence-electron chi connectivity index (χ2n) is 8.21. The summed E-state index contributed by atoms with van der Waals surface area (Å²) in [5.41, 5.74) is 0.759. The first-order valence-electron chi connectivity index (χ1n) is 9.93. The Balaban J connectivity index is 2.06. The van der Waals surface area contributed by atoms with Crippen molar-refractivity contribution in [2.75, 3.05) is 6.67 Å². The van der Waals surface area contributed by atoms with Crippen LogP contribution in [0, 0.1) is 0 Å². The van der Waals surface area contributed by atoms with Crippen LogP contribution in [0.15, 0.2) is 36.4 Å². The van der Waals surface area contributed by atoms with Gasteiger partial charge in [0.15, 0.2) is 4.84 Å². The van der Waals surface area contributed by atoms with Crippen molar-refractivity contribution in [3.05, 3.63) is 46.8 Å². The lowest BCUT2D eigenvalue weighted by Gasteiger charge is -2.22. The molecule has 176 valence electrons. The van der Waals surface area contributed by atoms with E-state index in [1.165, 1.54) is 11.3 Å². The number of carbonyl (C=O) groups is 2. The number of alkyl halides is 3. The highest BCUT2D eigenvalue weighted by atomic mass is 35.5. The maximum absolute atomic E-state index is 13.3. The van der Waals surface area contributed by atoms with Crippen molar-refractivity contribution < 1.29 is 23.8 Å². The Morgan fingerprint density at radius 2 is 1.75 bits per heavy atom. The molecular formula is C22H27Cl2FN2O4S. The van der Waals surface area contributed by atoms with E-state index in [0.29, 0.717) is 5.56 Å². The molecule has 3 atom stereocenters. The van der Waals surface area contributed by atoms with Gasteiger partial charge in [-0.05, 0) is 51.0 Å². The van der Waals surface area contributed by atoms with Crippen LogP contribution in [0.5, 0.6) is 0 Å². The molecule has 2 amide bonds. The first-order chi connectivity index (χ1) is 14.9. The number of hydrogen-bond acceptors (Lipinski definition) is 5. The van der Waals surface area contributed by atoms with E-state index in [1.807, 2.05) is 19.1 Å². The van der Waals surface area contributed by atoms with Crippen molar-refractivity contribution in [2.24, 2.45) is 0 Å². The average Bonchev–Trinajstić information content (AvgIpc) is 3.20. The highest BCUT2D eigenvalue weighted by Crippen LogP contribution is 2.32. The standard InChI is InChI=1S/C22H27Cl2FN2O4S/c1-12(26-21(30)31-22(2,3)4)16-9-10-17(32-16)13-5-7-14(8-6-13)18(28)15(11-25)27-20(29)19(23)24/h5-10,12,15,18-19,28H,11H2,1-4H3,(H,26,30)(H,27,29). The second kappa shape index (κ2) is 11.3. The molecule has 0 fully saturated rings. The maximum Gasteiger partial charge on any atom is 0.408 e. The fraction of sp³-hybridized carbons (Fsp3) is 0.455. The van der Waals surface area contributed by atoms with E-state index >= 15 is 0 Å². The summed E-state index contributed by atoms with van der Waals surface area (Å²) in [5.74, 6) is -0.771. The Hall–Kier alpha value is -1.87. The molecule has 1 aromatic heterocycles. The molecule has 0 aliphatic carbocycles. The molecule has 3 unspecified atom stereocenters. The van der Waals surface area contributed by atoms with Gasteiger partial charge >= 0.3 is 6.09 Å². The van der Waals surface area contributed by atoms with Gasteiger partial charge in [0.1, 0.15) is 18.4 Å². The number of rotatable bonds is 8. The summed E-state index contributed by atoms with van der Waals surface area (Å²) in [6.07, 6.45) is -1.75. The fourth-order valence-corrected chi connectivity index (χ4v) is 3.96. The second-order valence-corrected chi connectivity index (χ2v) is 10.4. The highest BCUT2D eigenvalue weighted by molar-refractivity contribution is 7.15. The lowest BCUT2D eigenvalue weighted by molar-refractivity contribution is -0.121. The van der Waals surface area contributed by atoms with Crippen LogP contribution >= 0.6 is 34.5 Å². The SMILES string of the molecule is CC(NC(=O)OC(C)(C)C)c1ccc(-c2ccc(C(O)C(CF)NC(=O)C(Cl)Cl)cc2)s1. The number of hydrogen-bond donors (Lipinski definition) is 3. The molecule has 0 radical (unpaired) electrons. The molecule has 0 aliphatic rings. The van der Waals surface area contributed by atoms with Gasteiger partial charge in [-0.25, -0.2) is 9.18 Å². The summed E-state index contributed by atoms with van der Waals surface area (Å²) in [7, 11) is 0. The number of ether oxygens (including phenoxy) is 1. The Kier molecular flexibility index (Phi) is 9.33. The summed E-state index contributed by atoms with van der Waals surface area (Å²) in [6.45, 7) is 6.30. The third-order valence-corrected chi connectivity index (χ3v) is 6.11. The number of aliphatic hydroxyl groups is 1. The van der Waals surface area contributed by atoms with Gasteiger partial charge in [-0.15, -0.1) is 11.3 Å². The summed E-state index contributed by atoms with van der Waals surface area (Å²) < 4.78 is 18.6. The van der Waals surface area contributed by atoms with Crippen LogP contribution in [0.4, 0.5) is 9.18 Å². The summed E-state index contributed by atoms with van der Waals surface area (Å²) in [6, 6.07) is 9.38. The minimum Gasteiger partial charge on any atom is -0.444 e. The van der Waals surface area contributed by atoms with Crippen molar-refractivity contribution in [1.82, 2.24) is 10.6 Å². The van der Waals surface area contributed by atoms with E-state index in [2.05, 4.69) is 10.6 Å². The van der Waals surface area contributed by atoms with E-state index in [4.69, 9.17) is 27.9 Å². The number of nitrogens with one attached hydrogen (secondary N) is 2. The number of benzene rings is 1. The molecule has 6 nitrogen and oxygen atoms in total. The van der Waals surface area contributed by atoms with Gasteiger partial charge in [0.2, 0.25) is 0 Å². The van der Waals surface area contributed by atoms with Gasteiger partial charge in [-0.1, -0.05) is 47.5 Å². The molecular weight excluding hydrogens is 478 g/mol. The third kappa shape index (κ3) is 7.62. The molecule has 10 heteroatoms. The van der Waals surface area contributed by atoms with Gasteiger partial charge in [-0.3, -0.25) is 4.79 Å². The average molecular weight is 505 g/mol. The number of amides is 2. The lowest BCUT2D eigenvalue weighted by Crippen LogP contribution is -2.43. The number of aliphatic hydroxyl groups excluding tert-OH is 1. The molecule has 2 rings (SSSR count). The van der Waals surface area contributed by atoms with Gasteiger partial charge in [0, 0.05) is 9.75 Å². The van der Waals surface area contributed by atoms with Crippen LogP contribution in [-0.4, -0.2) is 40.3 Å². The first-order valence-corrected chi connectivity index (χ1v) is 11.6. The zero-order valence-electron chi connectivity index (χ0n) is 18.2. The van der Waals surface area contributed by atoms with E-state index < -0.39 is 41.3 Å². The predicted octanol–water partition coefficient (Wildman–Crippen LogP) is 5.29. The smallest absolute Gasteiger partial charge is 0.408 e. The van der Waals surface area contributed by atoms with Gasteiger partial charge in [-0.2, -0.15) is 0 Å². The van der Waals surface area contributed by atoms with Gasteiger partial charge < -0.3 is 20.5 Å². The molecule has 0 bridgehead atoms. The van der Waals surface area contributed by atoms with Crippen LogP contribution in [0.25, 0.3) is 10.4 Å². The van der Waals surface area contributed by atoms with E-state index in [-0.39, 0.29) is 6.04 Å². The zero-order chi connectivity index (χ0) is 24.1. The Labute approximate surface area is 201 Å². The van der Waals surface area contributed by atoms with Crippen LogP contribution in [0.2, 0.25) is 0 Å². The first kappa shape index (κ1) is 26.4. The monoisotopic (exact) mass is 504 g/mol. The Morgan fingerprint density at radius 1 is 1.12 bits per heavy atom. The van der Waals surface area contributed by atoms with Gasteiger partial charge in [0.05, 0.1) is 12.1 Å². The predicted molar refractivity (Wildman–Crippen MR) is 126 cm³/mol. The van der Waals surface area contributed by atoms with E-state index in [1.54, 1.807) is 45.0 Å². The van der Waals surface area contributed by atoms with Crippen LogP contribution in [0.3, 0.4) is 0 Å². The van der Waals surface area contributed by atoms with Crippen molar-refractivity contribution in [3.8, 4) is 10.4 Å². The van der Waals surface area contributed by atoms with Crippen LogP contribution in [0.1, 0.15) is 50.3 Å². The third-order valence-electron chi connectivity index (χ3n) is 4.40. The number of halogens is 3. The Morgan fingerprint density at radius 3 is 2.28 bits per heavy atom. The largest absolute Gasteiger partial charge is 0.444 e. The molecule has 3 N–H and O–H groups in total. The molecule has 0 spiro atoms. The minimum absolute atomic E-state index is 0.230. The van der Waals surface area contributed by atoms with Crippen molar-refractivity contribution in [2.45, 2.75) is 56.3 Å². The summed E-state index contributed by atoms with van der Waals surface area (Å²) >= 11 is 12.4. The summed E-state index contributed by atoms with van der Waals surface area (Å²) in [5, 5.41) is 15.5. The molecule has 0 saturated carbocycles.